The SMILES string of the molecule is NC1CCC(C(=O)N2CCC3(CCCC3)C2)C1. The minimum atomic E-state index is 0.238. The molecule has 1 aliphatic heterocycles. The number of hydrogen-bond acceptors (Lipinski definition) is 2. The van der Waals surface area contributed by atoms with E-state index in [0.717, 1.165) is 32.4 Å². The van der Waals surface area contributed by atoms with E-state index in [1.165, 1.54) is 32.1 Å². The lowest BCUT2D eigenvalue weighted by molar-refractivity contribution is -0.134. The summed E-state index contributed by atoms with van der Waals surface area (Å²) >= 11 is 0. The Labute approximate surface area is 104 Å². The second-order valence-electron chi connectivity index (χ2n) is 6.49. The van der Waals surface area contributed by atoms with Crippen molar-refractivity contribution in [2.75, 3.05) is 13.1 Å². The summed E-state index contributed by atoms with van der Waals surface area (Å²) in [5, 5.41) is 0. The van der Waals surface area contributed by atoms with E-state index in [2.05, 4.69) is 4.90 Å². The molecule has 0 aromatic carbocycles. The van der Waals surface area contributed by atoms with Gasteiger partial charge in [-0.3, -0.25) is 4.79 Å². The molecule has 1 spiro atoms. The Hall–Kier alpha value is -0.570. The van der Waals surface area contributed by atoms with Crippen molar-refractivity contribution in [2.45, 2.75) is 57.4 Å². The first kappa shape index (κ1) is 11.5. The van der Waals surface area contributed by atoms with Crippen LogP contribution in [0.25, 0.3) is 0 Å². The van der Waals surface area contributed by atoms with Gasteiger partial charge < -0.3 is 10.6 Å². The molecule has 3 fully saturated rings. The highest BCUT2D eigenvalue weighted by molar-refractivity contribution is 5.79. The molecular weight excluding hydrogens is 212 g/mol. The van der Waals surface area contributed by atoms with Crippen molar-refractivity contribution in [1.82, 2.24) is 4.90 Å². The molecule has 1 amide bonds. The Morgan fingerprint density at radius 2 is 1.94 bits per heavy atom. The average molecular weight is 236 g/mol. The Morgan fingerprint density at radius 1 is 1.18 bits per heavy atom. The zero-order valence-corrected chi connectivity index (χ0v) is 10.7. The van der Waals surface area contributed by atoms with Crippen LogP contribution in [0.4, 0.5) is 0 Å². The van der Waals surface area contributed by atoms with Crippen LogP contribution in [0.2, 0.25) is 0 Å². The molecule has 96 valence electrons. The van der Waals surface area contributed by atoms with Crippen molar-refractivity contribution < 1.29 is 4.79 Å². The summed E-state index contributed by atoms with van der Waals surface area (Å²) in [4.78, 5) is 14.6. The van der Waals surface area contributed by atoms with Crippen LogP contribution < -0.4 is 5.73 Å². The van der Waals surface area contributed by atoms with Gasteiger partial charge in [0.05, 0.1) is 0 Å². The topological polar surface area (TPSA) is 46.3 Å². The molecule has 3 rings (SSSR count). The van der Waals surface area contributed by atoms with Crippen molar-refractivity contribution in [2.24, 2.45) is 17.1 Å². The lowest BCUT2D eigenvalue weighted by atomic mass is 9.86. The van der Waals surface area contributed by atoms with E-state index in [-0.39, 0.29) is 12.0 Å². The monoisotopic (exact) mass is 236 g/mol. The first-order chi connectivity index (χ1) is 8.19. The molecule has 1 saturated heterocycles. The van der Waals surface area contributed by atoms with Gasteiger partial charge in [0.2, 0.25) is 5.91 Å². The maximum Gasteiger partial charge on any atom is 0.225 e. The zero-order valence-electron chi connectivity index (χ0n) is 10.7. The molecule has 17 heavy (non-hydrogen) atoms. The van der Waals surface area contributed by atoms with E-state index in [1.54, 1.807) is 0 Å². The van der Waals surface area contributed by atoms with E-state index in [4.69, 9.17) is 5.73 Å². The number of nitrogens with zero attached hydrogens (tertiary/aromatic N) is 1. The zero-order chi connectivity index (χ0) is 11.9. The van der Waals surface area contributed by atoms with Crippen molar-refractivity contribution in [3.8, 4) is 0 Å². The van der Waals surface area contributed by atoms with Crippen molar-refractivity contribution in [3.05, 3.63) is 0 Å². The molecule has 3 heteroatoms. The van der Waals surface area contributed by atoms with Gasteiger partial charge in [0.25, 0.3) is 0 Å². The summed E-state index contributed by atoms with van der Waals surface area (Å²) in [6.45, 7) is 2.04. The van der Waals surface area contributed by atoms with Gasteiger partial charge in [-0.2, -0.15) is 0 Å². The number of likely N-dealkylation sites (tertiary alicyclic amines) is 1. The van der Waals surface area contributed by atoms with Crippen LogP contribution in [0.3, 0.4) is 0 Å². The van der Waals surface area contributed by atoms with Crippen LogP contribution in [-0.2, 0) is 4.79 Å². The molecule has 2 saturated carbocycles. The number of hydrogen-bond donors (Lipinski definition) is 1. The van der Waals surface area contributed by atoms with Gasteiger partial charge in [-0.1, -0.05) is 12.8 Å². The molecule has 0 aromatic heterocycles. The number of amides is 1. The predicted molar refractivity (Wildman–Crippen MR) is 67.4 cm³/mol. The molecule has 2 N–H and O–H groups in total. The molecule has 3 nitrogen and oxygen atoms in total. The van der Waals surface area contributed by atoms with E-state index in [9.17, 15) is 4.79 Å². The quantitative estimate of drug-likeness (QED) is 0.756. The summed E-state index contributed by atoms with van der Waals surface area (Å²) in [6, 6.07) is 0.270. The number of carbonyl (C=O) groups excluding carboxylic acids is 1. The van der Waals surface area contributed by atoms with Crippen LogP contribution in [0.5, 0.6) is 0 Å². The van der Waals surface area contributed by atoms with E-state index >= 15 is 0 Å². The predicted octanol–water partition coefficient (Wildman–Crippen LogP) is 1.91. The van der Waals surface area contributed by atoms with Gasteiger partial charge in [0, 0.05) is 25.0 Å². The van der Waals surface area contributed by atoms with E-state index in [1.807, 2.05) is 0 Å². The molecule has 2 unspecified atom stereocenters. The van der Waals surface area contributed by atoms with E-state index < -0.39 is 0 Å². The Morgan fingerprint density at radius 3 is 2.59 bits per heavy atom. The minimum absolute atomic E-state index is 0.238. The average Bonchev–Trinajstić information content (AvgIpc) is 3.02. The Bertz CT molecular complexity index is 309. The lowest BCUT2D eigenvalue weighted by Crippen LogP contribution is -2.35. The molecule has 2 atom stereocenters. The van der Waals surface area contributed by atoms with Gasteiger partial charge >= 0.3 is 0 Å². The second kappa shape index (κ2) is 4.27. The highest BCUT2D eigenvalue weighted by Crippen LogP contribution is 2.45. The Kier molecular flexibility index (Phi) is 2.89. The van der Waals surface area contributed by atoms with Crippen LogP contribution in [-0.4, -0.2) is 29.9 Å². The summed E-state index contributed by atoms with van der Waals surface area (Å²) in [5.41, 5.74) is 6.42. The fraction of sp³-hybridized carbons (Fsp3) is 0.929. The molecule has 1 heterocycles. The third-order valence-electron chi connectivity index (χ3n) is 5.24. The van der Waals surface area contributed by atoms with Crippen molar-refractivity contribution >= 4 is 5.91 Å². The smallest absolute Gasteiger partial charge is 0.225 e. The maximum absolute atomic E-state index is 12.4. The third kappa shape index (κ3) is 2.10. The number of rotatable bonds is 1. The first-order valence-corrected chi connectivity index (χ1v) is 7.23. The van der Waals surface area contributed by atoms with Gasteiger partial charge in [0.15, 0.2) is 0 Å². The summed E-state index contributed by atoms with van der Waals surface area (Å²) in [7, 11) is 0. The first-order valence-electron chi connectivity index (χ1n) is 7.23. The van der Waals surface area contributed by atoms with Gasteiger partial charge in [-0.25, -0.2) is 0 Å². The van der Waals surface area contributed by atoms with Crippen LogP contribution in [0.1, 0.15) is 51.4 Å². The highest BCUT2D eigenvalue weighted by atomic mass is 16.2. The van der Waals surface area contributed by atoms with Crippen LogP contribution in [0.15, 0.2) is 0 Å². The minimum Gasteiger partial charge on any atom is -0.342 e. The normalized spacial score (nSPS) is 35.9. The van der Waals surface area contributed by atoms with Crippen molar-refractivity contribution in [1.29, 1.82) is 0 Å². The van der Waals surface area contributed by atoms with Gasteiger partial charge in [0.1, 0.15) is 0 Å². The molecule has 3 aliphatic rings. The summed E-state index contributed by atoms with van der Waals surface area (Å²) < 4.78 is 0. The fourth-order valence-corrected chi connectivity index (χ4v) is 4.16. The second-order valence-corrected chi connectivity index (χ2v) is 6.49. The van der Waals surface area contributed by atoms with Gasteiger partial charge in [-0.05, 0) is 43.9 Å². The number of nitrogens with two attached hydrogens (primary N) is 1. The molecule has 0 aromatic rings. The van der Waals surface area contributed by atoms with Crippen molar-refractivity contribution in [3.63, 3.8) is 0 Å². The largest absolute Gasteiger partial charge is 0.342 e. The number of carbonyl (C=O) groups is 1. The van der Waals surface area contributed by atoms with E-state index in [0.29, 0.717) is 11.3 Å². The van der Waals surface area contributed by atoms with Crippen LogP contribution >= 0.6 is 0 Å². The summed E-state index contributed by atoms with van der Waals surface area (Å²) in [6.07, 6.45) is 9.66. The lowest BCUT2D eigenvalue weighted by Gasteiger charge is -2.25. The summed E-state index contributed by atoms with van der Waals surface area (Å²) in [5.74, 6) is 0.642. The maximum atomic E-state index is 12.4. The standard InChI is InChI=1S/C14H24N2O/c15-12-4-3-11(9-12)13(17)16-8-7-14(10-16)5-1-2-6-14/h11-12H,1-10,15H2. The molecule has 0 bridgehead atoms. The third-order valence-corrected chi connectivity index (χ3v) is 5.24. The Balaban J connectivity index is 1.60. The molecule has 0 radical (unpaired) electrons. The van der Waals surface area contributed by atoms with Gasteiger partial charge in [-0.15, -0.1) is 0 Å². The highest BCUT2D eigenvalue weighted by Gasteiger charge is 2.43. The fourth-order valence-electron chi connectivity index (χ4n) is 4.16. The molecule has 2 aliphatic carbocycles. The van der Waals surface area contributed by atoms with Crippen LogP contribution in [0, 0.1) is 11.3 Å². The molecular formula is C14H24N2O.